The zero-order valence-corrected chi connectivity index (χ0v) is 14.7. The zero-order valence-electron chi connectivity index (χ0n) is 14.7. The molecule has 0 aromatic rings. The predicted molar refractivity (Wildman–Crippen MR) is 95.2 cm³/mol. The van der Waals surface area contributed by atoms with E-state index in [4.69, 9.17) is 0 Å². The number of amides is 2. The monoisotopic (exact) mass is 346 g/mol. The summed E-state index contributed by atoms with van der Waals surface area (Å²) in [6.45, 7) is 3.41. The van der Waals surface area contributed by atoms with Crippen LogP contribution in [0, 0.1) is 5.41 Å². The van der Waals surface area contributed by atoms with Gasteiger partial charge in [0.25, 0.3) is 0 Å². The van der Waals surface area contributed by atoms with Crippen molar-refractivity contribution in [2.24, 2.45) is 5.41 Å². The van der Waals surface area contributed by atoms with E-state index in [1.807, 2.05) is 18.2 Å². The normalized spacial score (nSPS) is 22.2. The van der Waals surface area contributed by atoms with Crippen LogP contribution in [0.5, 0.6) is 0 Å². The standard InChI is InChI=1S/C19H26N2O4/c1-13(22)20-21-18(25)11-12-19(2,14-3-7-16(23)8-4-14)15-5-9-17(24)10-6-15/h3-5,7,9,16,23-24H,6,8,10-12H2,1-2H3,(H,20,22)(H,21,25). The van der Waals surface area contributed by atoms with Gasteiger partial charge in [0.05, 0.1) is 11.9 Å². The molecular weight excluding hydrogens is 320 g/mol. The van der Waals surface area contributed by atoms with E-state index in [2.05, 4.69) is 17.8 Å². The lowest BCUT2D eigenvalue weighted by molar-refractivity contribution is -0.128. The van der Waals surface area contributed by atoms with Crippen molar-refractivity contribution in [3.05, 3.63) is 47.3 Å². The highest BCUT2D eigenvalue weighted by atomic mass is 16.3. The molecule has 0 aromatic carbocycles. The summed E-state index contributed by atoms with van der Waals surface area (Å²) >= 11 is 0. The minimum absolute atomic E-state index is 0.248. The third kappa shape index (κ3) is 5.06. The van der Waals surface area contributed by atoms with Gasteiger partial charge in [-0.15, -0.1) is 0 Å². The fraction of sp³-hybridized carbons (Fsp3) is 0.474. The fourth-order valence-electron chi connectivity index (χ4n) is 3.18. The van der Waals surface area contributed by atoms with Gasteiger partial charge in [0.2, 0.25) is 11.8 Å². The van der Waals surface area contributed by atoms with Gasteiger partial charge >= 0.3 is 0 Å². The SMILES string of the molecule is CC(=O)NNC(=O)CCC(C)(C1=CCC(O)C=C1)C1=CC=C(O)CC1. The third-order valence-electron chi connectivity index (χ3n) is 4.78. The molecule has 4 N–H and O–H groups in total. The minimum Gasteiger partial charge on any atom is -0.512 e. The van der Waals surface area contributed by atoms with E-state index in [0.29, 0.717) is 25.0 Å². The highest BCUT2D eigenvalue weighted by molar-refractivity contribution is 5.80. The van der Waals surface area contributed by atoms with Gasteiger partial charge in [-0.1, -0.05) is 36.8 Å². The molecule has 2 atom stereocenters. The van der Waals surface area contributed by atoms with E-state index in [-0.39, 0.29) is 23.7 Å². The molecule has 0 radical (unpaired) electrons. The van der Waals surface area contributed by atoms with Crippen molar-refractivity contribution in [1.82, 2.24) is 10.9 Å². The van der Waals surface area contributed by atoms with Gasteiger partial charge in [0.15, 0.2) is 0 Å². The summed E-state index contributed by atoms with van der Waals surface area (Å²) in [4.78, 5) is 22.9. The Morgan fingerprint density at radius 1 is 1.28 bits per heavy atom. The van der Waals surface area contributed by atoms with Crippen LogP contribution in [0.3, 0.4) is 0 Å². The predicted octanol–water partition coefficient (Wildman–Crippen LogP) is 2.35. The molecule has 0 bridgehead atoms. The number of allylic oxidation sites excluding steroid dienone is 6. The van der Waals surface area contributed by atoms with Gasteiger partial charge in [0, 0.05) is 25.2 Å². The fourth-order valence-corrected chi connectivity index (χ4v) is 3.18. The van der Waals surface area contributed by atoms with E-state index >= 15 is 0 Å². The molecule has 2 rings (SSSR count). The quantitative estimate of drug-likeness (QED) is 0.574. The molecule has 25 heavy (non-hydrogen) atoms. The minimum atomic E-state index is -0.472. The first-order valence-corrected chi connectivity index (χ1v) is 8.53. The summed E-state index contributed by atoms with van der Waals surface area (Å²) in [7, 11) is 0. The second-order valence-corrected chi connectivity index (χ2v) is 6.73. The van der Waals surface area contributed by atoms with Gasteiger partial charge in [0.1, 0.15) is 0 Å². The Kier molecular flexibility index (Phi) is 6.20. The Bertz CT molecular complexity index is 660. The Hall–Kier alpha value is -2.34. The summed E-state index contributed by atoms with van der Waals surface area (Å²) in [5.41, 5.74) is 6.51. The number of carbonyl (C=O) groups excluding carboxylic acids is 2. The van der Waals surface area contributed by atoms with Crippen molar-refractivity contribution in [2.45, 2.75) is 52.1 Å². The van der Waals surface area contributed by atoms with Crippen LogP contribution < -0.4 is 10.9 Å². The molecule has 136 valence electrons. The topological polar surface area (TPSA) is 98.7 Å². The molecule has 2 amide bonds. The average molecular weight is 346 g/mol. The molecule has 0 aromatic heterocycles. The first-order chi connectivity index (χ1) is 11.8. The number of rotatable bonds is 5. The van der Waals surface area contributed by atoms with E-state index in [1.165, 1.54) is 6.92 Å². The summed E-state index contributed by atoms with van der Waals surface area (Å²) in [5.74, 6) is -0.214. The molecule has 6 heteroatoms. The van der Waals surface area contributed by atoms with Crippen LogP contribution in [0.1, 0.15) is 46.0 Å². The van der Waals surface area contributed by atoms with Crippen LogP contribution in [0.25, 0.3) is 0 Å². The third-order valence-corrected chi connectivity index (χ3v) is 4.78. The zero-order chi connectivity index (χ0) is 18.4. The first kappa shape index (κ1) is 19.0. The van der Waals surface area contributed by atoms with Crippen LogP contribution in [0.15, 0.2) is 47.3 Å². The number of nitrogens with one attached hydrogen (secondary N) is 2. The van der Waals surface area contributed by atoms with Crippen molar-refractivity contribution >= 4 is 11.8 Å². The van der Waals surface area contributed by atoms with E-state index in [9.17, 15) is 19.8 Å². The van der Waals surface area contributed by atoms with Crippen LogP contribution in [0.2, 0.25) is 0 Å². The van der Waals surface area contributed by atoms with E-state index in [0.717, 1.165) is 17.6 Å². The van der Waals surface area contributed by atoms with E-state index in [1.54, 1.807) is 12.2 Å². The Morgan fingerprint density at radius 3 is 2.60 bits per heavy atom. The molecule has 0 fully saturated rings. The molecular formula is C19H26N2O4. The summed E-state index contributed by atoms with van der Waals surface area (Å²) < 4.78 is 0. The number of hydrogen-bond acceptors (Lipinski definition) is 4. The summed E-state index contributed by atoms with van der Waals surface area (Å²) in [5, 5.41) is 19.3. The number of aliphatic hydroxyl groups is 2. The van der Waals surface area contributed by atoms with Crippen molar-refractivity contribution in [3.8, 4) is 0 Å². The van der Waals surface area contributed by atoms with Crippen molar-refractivity contribution in [3.63, 3.8) is 0 Å². The summed E-state index contributed by atoms with van der Waals surface area (Å²) in [6.07, 6.45) is 11.5. The van der Waals surface area contributed by atoms with Crippen LogP contribution in [-0.4, -0.2) is 28.1 Å². The number of hydrazine groups is 1. The Balaban J connectivity index is 2.17. The van der Waals surface area contributed by atoms with Gasteiger partial charge < -0.3 is 10.2 Å². The highest BCUT2D eigenvalue weighted by Gasteiger charge is 2.33. The van der Waals surface area contributed by atoms with Crippen molar-refractivity contribution < 1.29 is 19.8 Å². The molecule has 0 spiro atoms. The highest BCUT2D eigenvalue weighted by Crippen LogP contribution is 2.45. The Labute approximate surface area is 148 Å². The molecule has 2 aliphatic rings. The molecule has 0 heterocycles. The second-order valence-electron chi connectivity index (χ2n) is 6.73. The largest absolute Gasteiger partial charge is 0.512 e. The van der Waals surface area contributed by atoms with Crippen molar-refractivity contribution in [1.29, 1.82) is 0 Å². The smallest absolute Gasteiger partial charge is 0.238 e. The lowest BCUT2D eigenvalue weighted by atomic mass is 9.68. The molecule has 2 aliphatic carbocycles. The molecule has 6 nitrogen and oxygen atoms in total. The first-order valence-electron chi connectivity index (χ1n) is 8.53. The maximum absolute atomic E-state index is 12.0. The maximum atomic E-state index is 12.0. The maximum Gasteiger partial charge on any atom is 0.238 e. The van der Waals surface area contributed by atoms with E-state index < -0.39 is 6.10 Å². The van der Waals surface area contributed by atoms with Gasteiger partial charge in [-0.05, 0) is 30.9 Å². The molecule has 0 aliphatic heterocycles. The Morgan fingerprint density at radius 2 is 2.04 bits per heavy atom. The average Bonchev–Trinajstić information content (AvgIpc) is 2.59. The number of carbonyl (C=O) groups is 2. The van der Waals surface area contributed by atoms with Gasteiger partial charge in [-0.25, -0.2) is 0 Å². The van der Waals surface area contributed by atoms with Gasteiger partial charge in [-0.2, -0.15) is 0 Å². The van der Waals surface area contributed by atoms with Crippen LogP contribution in [0.4, 0.5) is 0 Å². The number of aliphatic hydroxyl groups excluding tert-OH is 2. The summed E-state index contributed by atoms with van der Waals surface area (Å²) in [6, 6.07) is 0. The molecule has 2 unspecified atom stereocenters. The van der Waals surface area contributed by atoms with Crippen LogP contribution in [-0.2, 0) is 9.59 Å². The van der Waals surface area contributed by atoms with Gasteiger partial charge in [-0.3, -0.25) is 20.4 Å². The second kappa shape index (κ2) is 8.16. The molecule has 0 saturated heterocycles. The molecule has 0 saturated carbocycles. The van der Waals surface area contributed by atoms with Crippen LogP contribution >= 0.6 is 0 Å². The number of hydrogen-bond donors (Lipinski definition) is 4. The van der Waals surface area contributed by atoms with Crippen molar-refractivity contribution in [2.75, 3.05) is 0 Å². The lowest BCUT2D eigenvalue weighted by Crippen LogP contribution is -2.40. The lowest BCUT2D eigenvalue weighted by Gasteiger charge is -2.36.